The van der Waals surface area contributed by atoms with Gasteiger partial charge in [0.25, 0.3) is 5.69 Å². The van der Waals surface area contributed by atoms with E-state index in [-0.39, 0.29) is 27.4 Å². The van der Waals surface area contributed by atoms with Crippen molar-refractivity contribution in [2.24, 2.45) is 0 Å². The summed E-state index contributed by atoms with van der Waals surface area (Å²) in [7, 11) is 0. The summed E-state index contributed by atoms with van der Waals surface area (Å²) >= 11 is 7.65. The van der Waals surface area contributed by atoms with E-state index in [0.29, 0.717) is 12.4 Å². The summed E-state index contributed by atoms with van der Waals surface area (Å²) in [4.78, 5) is 22.6. The van der Waals surface area contributed by atoms with Crippen LogP contribution in [0.1, 0.15) is 16.7 Å². The average molecular weight is 416 g/mol. The van der Waals surface area contributed by atoms with Crippen LogP contribution in [0.4, 0.5) is 5.69 Å². The van der Waals surface area contributed by atoms with Crippen LogP contribution < -0.4 is 4.74 Å². The fraction of sp³-hybridized carbons (Fsp3) is 0.0500. The van der Waals surface area contributed by atoms with Gasteiger partial charge in [0.15, 0.2) is 0 Å². The summed E-state index contributed by atoms with van der Waals surface area (Å²) in [6, 6.07) is 12.6. The zero-order valence-corrected chi connectivity index (χ0v) is 15.9. The highest BCUT2D eigenvalue weighted by molar-refractivity contribution is 7.07. The minimum Gasteiger partial charge on any atom is -0.489 e. The Bertz CT molecular complexity index is 1050. The molecule has 0 aliphatic carbocycles. The molecule has 0 bridgehead atoms. The van der Waals surface area contributed by atoms with E-state index >= 15 is 0 Å². The van der Waals surface area contributed by atoms with Crippen molar-refractivity contribution in [1.82, 2.24) is 0 Å². The van der Waals surface area contributed by atoms with E-state index in [1.807, 2.05) is 16.8 Å². The number of hydrogen-bond donors (Lipinski definition) is 1. The van der Waals surface area contributed by atoms with Gasteiger partial charge in [-0.1, -0.05) is 29.8 Å². The van der Waals surface area contributed by atoms with Crippen molar-refractivity contribution in [3.8, 4) is 5.75 Å². The molecule has 1 aromatic heterocycles. The number of nitro benzene ring substituents is 1. The van der Waals surface area contributed by atoms with Gasteiger partial charge in [0.1, 0.15) is 12.4 Å². The van der Waals surface area contributed by atoms with E-state index in [1.54, 1.807) is 24.3 Å². The Balaban J connectivity index is 2.02. The summed E-state index contributed by atoms with van der Waals surface area (Å²) in [5.74, 6) is -0.848. The number of thiophene rings is 1. The molecule has 3 aromatic rings. The van der Waals surface area contributed by atoms with Crippen LogP contribution in [0.25, 0.3) is 11.6 Å². The van der Waals surface area contributed by atoms with Crippen molar-refractivity contribution in [2.45, 2.75) is 6.61 Å². The maximum atomic E-state index is 11.8. The number of carbonyl (C=O) groups is 1. The van der Waals surface area contributed by atoms with Crippen molar-refractivity contribution in [3.63, 3.8) is 0 Å². The van der Waals surface area contributed by atoms with Gasteiger partial charge in [-0.3, -0.25) is 10.1 Å². The summed E-state index contributed by atoms with van der Waals surface area (Å²) < 4.78 is 5.68. The van der Waals surface area contributed by atoms with Crippen LogP contribution in [0.15, 0.2) is 59.3 Å². The molecule has 0 fully saturated rings. The first kappa shape index (κ1) is 19.6. The average Bonchev–Trinajstić information content (AvgIpc) is 3.18. The molecule has 1 heterocycles. The summed E-state index contributed by atoms with van der Waals surface area (Å²) in [5.41, 5.74) is 0.987. The largest absolute Gasteiger partial charge is 0.489 e. The molecule has 0 spiro atoms. The van der Waals surface area contributed by atoms with Crippen LogP contribution in [0.3, 0.4) is 0 Å². The number of benzene rings is 2. The molecule has 0 saturated heterocycles. The van der Waals surface area contributed by atoms with Gasteiger partial charge in [-0.25, -0.2) is 4.79 Å². The molecule has 6 nitrogen and oxygen atoms in total. The number of aliphatic carboxylic acids is 1. The van der Waals surface area contributed by atoms with E-state index < -0.39 is 10.9 Å². The van der Waals surface area contributed by atoms with Crippen molar-refractivity contribution < 1.29 is 19.6 Å². The van der Waals surface area contributed by atoms with Crippen LogP contribution in [-0.4, -0.2) is 16.0 Å². The Hall–Kier alpha value is -3.16. The maximum Gasteiger partial charge on any atom is 0.336 e. The van der Waals surface area contributed by atoms with Crippen LogP contribution in [0, 0.1) is 10.1 Å². The zero-order chi connectivity index (χ0) is 20.1. The van der Waals surface area contributed by atoms with Crippen LogP contribution >= 0.6 is 22.9 Å². The second-order valence-electron chi connectivity index (χ2n) is 5.74. The Kier molecular flexibility index (Phi) is 6.08. The van der Waals surface area contributed by atoms with Gasteiger partial charge in [0, 0.05) is 16.7 Å². The minimum atomic E-state index is -1.24. The van der Waals surface area contributed by atoms with Crippen molar-refractivity contribution in [3.05, 3.63) is 91.1 Å². The number of rotatable bonds is 7. The number of carboxylic acid groups (broad SMARTS) is 1. The zero-order valence-electron chi connectivity index (χ0n) is 14.4. The van der Waals surface area contributed by atoms with Gasteiger partial charge in [-0.15, -0.1) is 0 Å². The third-order valence-corrected chi connectivity index (χ3v) is 4.94. The molecule has 1 N–H and O–H groups in total. The van der Waals surface area contributed by atoms with Crippen LogP contribution in [0.2, 0.25) is 5.02 Å². The number of nitro groups is 1. The van der Waals surface area contributed by atoms with Crippen LogP contribution in [0.5, 0.6) is 5.75 Å². The molecule has 0 aliphatic rings. The number of ether oxygens (including phenoxy) is 1. The molecule has 28 heavy (non-hydrogen) atoms. The van der Waals surface area contributed by atoms with Gasteiger partial charge in [-0.05, 0) is 46.7 Å². The highest BCUT2D eigenvalue weighted by Crippen LogP contribution is 2.31. The Labute approximate surface area is 169 Å². The SMILES string of the molecule is O=C(O)C(=Cc1cc(OCc2ccsc2)ccc1[N+](=O)[O-])c1ccccc1Cl. The number of hydrogen-bond acceptors (Lipinski definition) is 5. The second kappa shape index (κ2) is 8.69. The smallest absolute Gasteiger partial charge is 0.336 e. The van der Waals surface area contributed by atoms with Gasteiger partial charge in [0.2, 0.25) is 0 Å². The predicted octanol–water partition coefficient (Wildman–Crippen LogP) is 5.51. The first-order chi connectivity index (χ1) is 13.5. The normalized spacial score (nSPS) is 11.2. The van der Waals surface area contributed by atoms with Gasteiger partial charge >= 0.3 is 5.97 Å². The predicted molar refractivity (Wildman–Crippen MR) is 109 cm³/mol. The first-order valence-electron chi connectivity index (χ1n) is 8.08. The molecule has 2 aromatic carbocycles. The molecule has 0 unspecified atom stereocenters. The standard InChI is InChI=1S/C20H14ClNO5S/c21-18-4-2-1-3-16(18)17(20(23)24)10-14-9-15(5-6-19(14)22(25)26)27-11-13-7-8-28-12-13/h1-10,12H,11H2,(H,23,24). The Morgan fingerprint density at radius 2 is 2.04 bits per heavy atom. The molecule has 0 amide bonds. The molecular formula is C20H14ClNO5S. The van der Waals surface area contributed by atoms with E-state index in [9.17, 15) is 20.0 Å². The summed E-state index contributed by atoms with van der Waals surface area (Å²) in [6.07, 6.45) is 1.24. The van der Waals surface area contributed by atoms with Crippen molar-refractivity contribution >= 4 is 46.2 Å². The Morgan fingerprint density at radius 1 is 1.25 bits per heavy atom. The molecule has 0 radical (unpaired) electrons. The molecule has 142 valence electrons. The third-order valence-electron chi connectivity index (χ3n) is 3.88. The lowest BCUT2D eigenvalue weighted by molar-refractivity contribution is -0.385. The fourth-order valence-corrected chi connectivity index (χ4v) is 3.43. The lowest BCUT2D eigenvalue weighted by Gasteiger charge is -2.08. The topological polar surface area (TPSA) is 89.7 Å². The molecule has 0 aliphatic heterocycles. The third kappa shape index (κ3) is 4.57. The van der Waals surface area contributed by atoms with E-state index in [2.05, 4.69) is 0 Å². The summed E-state index contributed by atoms with van der Waals surface area (Å²) in [5, 5.41) is 25.1. The highest BCUT2D eigenvalue weighted by Gasteiger charge is 2.19. The lowest BCUT2D eigenvalue weighted by Crippen LogP contribution is -2.02. The maximum absolute atomic E-state index is 11.8. The monoisotopic (exact) mass is 415 g/mol. The van der Waals surface area contributed by atoms with Crippen LogP contribution in [-0.2, 0) is 11.4 Å². The van der Waals surface area contributed by atoms with E-state index in [4.69, 9.17) is 16.3 Å². The Morgan fingerprint density at radius 3 is 2.68 bits per heavy atom. The van der Waals surface area contributed by atoms with E-state index in [0.717, 1.165) is 5.56 Å². The fourth-order valence-electron chi connectivity index (χ4n) is 2.54. The van der Waals surface area contributed by atoms with E-state index in [1.165, 1.54) is 35.6 Å². The molecule has 3 rings (SSSR count). The first-order valence-corrected chi connectivity index (χ1v) is 9.40. The number of nitrogens with zero attached hydrogens (tertiary/aromatic N) is 1. The van der Waals surface area contributed by atoms with Gasteiger partial charge in [-0.2, -0.15) is 11.3 Å². The highest BCUT2D eigenvalue weighted by atomic mass is 35.5. The van der Waals surface area contributed by atoms with Crippen molar-refractivity contribution in [2.75, 3.05) is 0 Å². The minimum absolute atomic E-state index is 0.116. The number of carboxylic acids is 1. The summed E-state index contributed by atoms with van der Waals surface area (Å²) in [6.45, 7) is 0.306. The quantitative estimate of drug-likeness (QED) is 0.237. The molecule has 8 heteroatoms. The second-order valence-corrected chi connectivity index (χ2v) is 6.93. The van der Waals surface area contributed by atoms with Gasteiger partial charge < -0.3 is 9.84 Å². The molecule has 0 atom stereocenters. The lowest BCUT2D eigenvalue weighted by atomic mass is 10.0. The molecular weight excluding hydrogens is 402 g/mol. The van der Waals surface area contributed by atoms with Crippen molar-refractivity contribution in [1.29, 1.82) is 0 Å². The van der Waals surface area contributed by atoms with Gasteiger partial charge in [0.05, 0.1) is 16.1 Å². The number of halogens is 1. The molecule has 0 saturated carbocycles.